The average Bonchev–Trinajstić information content (AvgIpc) is 2.79. The van der Waals surface area contributed by atoms with E-state index in [9.17, 15) is 14.4 Å². The Morgan fingerprint density at radius 1 is 1.03 bits per heavy atom. The highest BCUT2D eigenvalue weighted by Gasteiger charge is 2.24. The number of carboxylic acids is 1. The van der Waals surface area contributed by atoms with Crippen LogP contribution >= 0.6 is 11.6 Å². The van der Waals surface area contributed by atoms with Crippen molar-refractivity contribution in [1.29, 1.82) is 0 Å². The van der Waals surface area contributed by atoms with Crippen LogP contribution in [0.4, 0.5) is 0 Å². The largest absolute Gasteiger partial charge is 0.490 e. The average molecular weight is 472 g/mol. The van der Waals surface area contributed by atoms with Crippen molar-refractivity contribution in [2.45, 2.75) is 58.0 Å². The van der Waals surface area contributed by atoms with Crippen molar-refractivity contribution in [2.24, 2.45) is 5.92 Å². The van der Waals surface area contributed by atoms with Gasteiger partial charge in [0.1, 0.15) is 5.75 Å². The molecule has 0 aliphatic heterocycles. The zero-order valence-electron chi connectivity index (χ0n) is 18.8. The Kier molecular flexibility index (Phi) is 8.89. The van der Waals surface area contributed by atoms with Crippen LogP contribution in [-0.4, -0.2) is 35.4 Å². The summed E-state index contributed by atoms with van der Waals surface area (Å²) in [6, 6.07) is 12.3. The van der Waals surface area contributed by atoms with Gasteiger partial charge in [0.25, 0.3) is 5.91 Å². The summed E-state index contributed by atoms with van der Waals surface area (Å²) in [7, 11) is 0. The van der Waals surface area contributed by atoms with Crippen molar-refractivity contribution < 1.29 is 24.2 Å². The number of amides is 1. The molecule has 0 radical (unpaired) electrons. The summed E-state index contributed by atoms with van der Waals surface area (Å²) in [4.78, 5) is 35.5. The molecule has 1 aliphatic rings. The van der Waals surface area contributed by atoms with Gasteiger partial charge in [0.2, 0.25) is 0 Å². The van der Waals surface area contributed by atoms with Gasteiger partial charge in [0.05, 0.1) is 6.10 Å². The third-order valence-electron chi connectivity index (χ3n) is 6.02. The summed E-state index contributed by atoms with van der Waals surface area (Å²) < 4.78 is 6.01. The van der Waals surface area contributed by atoms with Crippen molar-refractivity contribution in [1.82, 2.24) is 5.32 Å². The predicted molar refractivity (Wildman–Crippen MR) is 127 cm³/mol. The molecule has 33 heavy (non-hydrogen) atoms. The molecule has 7 heteroatoms. The number of carbonyl (C=O) groups is 3. The van der Waals surface area contributed by atoms with Gasteiger partial charge >= 0.3 is 5.97 Å². The maximum atomic E-state index is 12.5. The molecule has 3 rings (SSSR count). The highest BCUT2D eigenvalue weighted by atomic mass is 35.5. The smallest absolute Gasteiger partial charge is 0.303 e. The molecule has 2 aromatic carbocycles. The molecule has 2 N–H and O–H groups in total. The lowest BCUT2D eigenvalue weighted by atomic mass is 9.85. The number of nitrogens with one attached hydrogen (secondary N) is 1. The fraction of sp³-hybridized carbons (Fsp3) is 0.423. The maximum Gasteiger partial charge on any atom is 0.303 e. The molecule has 0 atom stereocenters. The zero-order chi connectivity index (χ0) is 23.8. The van der Waals surface area contributed by atoms with Crippen LogP contribution in [0.2, 0.25) is 5.02 Å². The Hall–Kier alpha value is -2.86. The monoisotopic (exact) mass is 471 g/mol. The minimum Gasteiger partial charge on any atom is -0.490 e. The summed E-state index contributed by atoms with van der Waals surface area (Å²) in [6.07, 6.45) is 4.63. The molecule has 2 aromatic rings. The van der Waals surface area contributed by atoms with Gasteiger partial charge in [0, 0.05) is 35.5 Å². The van der Waals surface area contributed by atoms with Gasteiger partial charge in [-0.25, -0.2) is 0 Å². The minimum absolute atomic E-state index is 0.0207. The van der Waals surface area contributed by atoms with Crippen LogP contribution < -0.4 is 10.1 Å². The van der Waals surface area contributed by atoms with E-state index in [0.29, 0.717) is 35.5 Å². The number of Topliss-reactive ketones (excluding diaryl/α,β-unsaturated/α-hetero) is 1. The minimum atomic E-state index is -0.737. The van der Waals surface area contributed by atoms with Gasteiger partial charge < -0.3 is 15.2 Å². The van der Waals surface area contributed by atoms with Crippen molar-refractivity contribution in [3.05, 3.63) is 64.2 Å². The number of ether oxygens (including phenoxy) is 1. The second kappa shape index (κ2) is 11.8. The van der Waals surface area contributed by atoms with Crippen LogP contribution in [0.5, 0.6) is 5.75 Å². The van der Waals surface area contributed by atoms with Gasteiger partial charge in [-0.1, -0.05) is 11.6 Å². The molecule has 0 bridgehead atoms. The molecule has 0 aromatic heterocycles. The highest BCUT2D eigenvalue weighted by molar-refractivity contribution is 6.31. The number of aliphatic carboxylic acids is 1. The quantitative estimate of drug-likeness (QED) is 0.355. The Morgan fingerprint density at radius 3 is 2.33 bits per heavy atom. The first-order chi connectivity index (χ1) is 15.8. The SMILES string of the molecule is Cc1cc(C(=O)NCCCC(=O)c2ccc(OC3CCC(CC(=O)O)CC3)cc2)ccc1Cl. The Bertz CT molecular complexity index is 981. The molecular weight excluding hydrogens is 442 g/mol. The third kappa shape index (κ3) is 7.60. The normalized spacial score (nSPS) is 17.9. The standard InChI is InChI=1S/C26H30ClNO5/c1-17-15-20(8-13-23(17)27)26(32)28-14-2-3-24(29)19-6-11-22(12-7-19)33-21-9-4-18(5-10-21)16-25(30)31/h6-8,11-13,15,18,21H,2-5,9-10,14,16H2,1H3,(H,28,32)(H,30,31). The summed E-state index contributed by atoms with van der Waals surface area (Å²) in [5.74, 6) is 0.0628. The van der Waals surface area contributed by atoms with E-state index >= 15 is 0 Å². The summed E-state index contributed by atoms with van der Waals surface area (Å²) in [6.45, 7) is 2.26. The lowest BCUT2D eigenvalue weighted by Gasteiger charge is -2.28. The van der Waals surface area contributed by atoms with E-state index < -0.39 is 5.97 Å². The molecule has 0 unspecified atom stereocenters. The molecule has 0 heterocycles. The topological polar surface area (TPSA) is 92.7 Å². The summed E-state index contributed by atoms with van der Waals surface area (Å²) in [5, 5.41) is 12.4. The van der Waals surface area contributed by atoms with E-state index in [-0.39, 0.29) is 30.1 Å². The van der Waals surface area contributed by atoms with Crippen molar-refractivity contribution in [3.8, 4) is 5.75 Å². The van der Waals surface area contributed by atoms with Gasteiger partial charge in [0.15, 0.2) is 5.78 Å². The fourth-order valence-corrected chi connectivity index (χ4v) is 4.21. The molecule has 176 valence electrons. The molecular formula is C26H30ClNO5. The van der Waals surface area contributed by atoms with Gasteiger partial charge in [-0.2, -0.15) is 0 Å². The maximum absolute atomic E-state index is 12.5. The van der Waals surface area contributed by atoms with Crippen molar-refractivity contribution in [3.63, 3.8) is 0 Å². The summed E-state index contributed by atoms with van der Waals surface area (Å²) in [5.41, 5.74) is 2.01. The molecule has 1 saturated carbocycles. The first-order valence-electron chi connectivity index (χ1n) is 11.4. The summed E-state index contributed by atoms with van der Waals surface area (Å²) >= 11 is 5.99. The predicted octanol–water partition coefficient (Wildman–Crippen LogP) is 5.45. The van der Waals surface area contributed by atoms with Gasteiger partial charge in [-0.3, -0.25) is 14.4 Å². The van der Waals surface area contributed by atoms with Crippen LogP contribution in [0, 0.1) is 12.8 Å². The fourth-order valence-electron chi connectivity index (χ4n) is 4.10. The van der Waals surface area contributed by atoms with E-state index in [1.165, 1.54) is 0 Å². The Labute approximate surface area is 199 Å². The van der Waals surface area contributed by atoms with E-state index in [2.05, 4.69) is 5.32 Å². The second-order valence-electron chi connectivity index (χ2n) is 8.63. The van der Waals surface area contributed by atoms with Crippen molar-refractivity contribution >= 4 is 29.3 Å². The van der Waals surface area contributed by atoms with Gasteiger partial charge in [-0.05, 0) is 93.0 Å². The molecule has 1 aliphatic carbocycles. The van der Waals surface area contributed by atoms with E-state index in [1.54, 1.807) is 42.5 Å². The molecule has 1 fully saturated rings. The third-order valence-corrected chi connectivity index (χ3v) is 6.45. The number of carboxylic acid groups (broad SMARTS) is 1. The Balaban J connectivity index is 1.38. The molecule has 1 amide bonds. The van der Waals surface area contributed by atoms with Crippen molar-refractivity contribution in [2.75, 3.05) is 6.54 Å². The number of ketones is 1. The number of hydrogen-bond acceptors (Lipinski definition) is 4. The van der Waals surface area contributed by atoms with Crippen LogP contribution in [0.3, 0.4) is 0 Å². The zero-order valence-corrected chi connectivity index (χ0v) is 19.6. The van der Waals surface area contributed by atoms with Gasteiger partial charge in [-0.15, -0.1) is 0 Å². The number of aryl methyl sites for hydroxylation is 1. The lowest BCUT2D eigenvalue weighted by Crippen LogP contribution is -2.25. The molecule has 0 saturated heterocycles. The second-order valence-corrected chi connectivity index (χ2v) is 9.04. The number of halogens is 1. The number of carbonyl (C=O) groups excluding carboxylic acids is 2. The van der Waals surface area contributed by atoms with Crippen LogP contribution in [0.25, 0.3) is 0 Å². The number of rotatable bonds is 10. The van der Waals surface area contributed by atoms with E-state index in [0.717, 1.165) is 37.0 Å². The lowest BCUT2D eigenvalue weighted by molar-refractivity contribution is -0.138. The molecule has 0 spiro atoms. The Morgan fingerprint density at radius 2 is 1.70 bits per heavy atom. The number of benzene rings is 2. The van der Waals surface area contributed by atoms with E-state index in [1.807, 2.05) is 6.92 Å². The molecule has 6 nitrogen and oxygen atoms in total. The van der Waals surface area contributed by atoms with E-state index in [4.69, 9.17) is 21.4 Å². The van der Waals surface area contributed by atoms with Crippen LogP contribution in [-0.2, 0) is 4.79 Å². The van der Waals surface area contributed by atoms with Crippen LogP contribution in [0.1, 0.15) is 71.2 Å². The first kappa shape index (κ1) is 24.8. The first-order valence-corrected chi connectivity index (χ1v) is 11.8. The number of hydrogen-bond donors (Lipinski definition) is 2. The van der Waals surface area contributed by atoms with Crippen LogP contribution in [0.15, 0.2) is 42.5 Å². The highest BCUT2D eigenvalue weighted by Crippen LogP contribution is 2.29.